The Bertz CT molecular complexity index is 1650. The fraction of sp³-hybridized carbons (Fsp3) is 0.375. The summed E-state index contributed by atoms with van der Waals surface area (Å²) in [4.78, 5) is 30.6. The van der Waals surface area contributed by atoms with Crippen molar-refractivity contribution in [2.45, 2.75) is 56.8 Å². The number of rotatable bonds is 7. The monoisotopic (exact) mass is 628 g/mol. The number of sulfonamides is 1. The van der Waals surface area contributed by atoms with Crippen LogP contribution in [0.2, 0.25) is 0 Å². The number of amides is 2. The van der Waals surface area contributed by atoms with Crippen LogP contribution in [-0.4, -0.2) is 61.3 Å². The molecule has 2 aliphatic heterocycles. The summed E-state index contributed by atoms with van der Waals surface area (Å²) in [6, 6.07) is 17.7. The molecule has 3 aromatic rings. The third-order valence-electron chi connectivity index (χ3n) is 8.41. The van der Waals surface area contributed by atoms with Crippen LogP contribution in [0.3, 0.4) is 0 Å². The Hall–Kier alpha value is -3.90. The van der Waals surface area contributed by atoms with Crippen LogP contribution in [-0.2, 0) is 32.3 Å². The van der Waals surface area contributed by atoms with E-state index in [2.05, 4.69) is 5.32 Å². The van der Waals surface area contributed by atoms with Gasteiger partial charge in [-0.05, 0) is 74.6 Å². The summed E-state index contributed by atoms with van der Waals surface area (Å²) in [5, 5.41) is 2.62. The summed E-state index contributed by atoms with van der Waals surface area (Å²) >= 11 is 0. The number of benzene rings is 3. The van der Waals surface area contributed by atoms with Crippen molar-refractivity contribution in [1.82, 2.24) is 14.5 Å². The van der Waals surface area contributed by atoms with E-state index in [1.807, 2.05) is 54.3 Å². The van der Waals surface area contributed by atoms with Crippen molar-refractivity contribution in [3.63, 3.8) is 0 Å². The molecule has 5 rings (SSSR count). The van der Waals surface area contributed by atoms with E-state index in [0.717, 1.165) is 23.4 Å². The van der Waals surface area contributed by atoms with E-state index in [1.54, 1.807) is 13.8 Å². The second kappa shape index (κ2) is 11.9. The van der Waals surface area contributed by atoms with Gasteiger partial charge in [0.05, 0.1) is 17.1 Å². The van der Waals surface area contributed by atoms with E-state index in [1.165, 1.54) is 21.3 Å². The molecule has 234 valence electrons. The Labute approximate surface area is 255 Å². The van der Waals surface area contributed by atoms with E-state index in [0.29, 0.717) is 11.1 Å². The maximum absolute atomic E-state index is 14.0. The number of halogens is 3. The number of piperidine rings is 1. The molecule has 0 atom stereocenters. The average Bonchev–Trinajstić information content (AvgIpc) is 3.22. The lowest BCUT2D eigenvalue weighted by molar-refractivity contribution is -0.138. The van der Waals surface area contributed by atoms with Crippen molar-refractivity contribution >= 4 is 27.5 Å². The minimum absolute atomic E-state index is 0.114. The second-order valence-electron chi connectivity index (χ2n) is 11.5. The van der Waals surface area contributed by atoms with E-state index in [4.69, 9.17) is 0 Å². The van der Waals surface area contributed by atoms with Crippen molar-refractivity contribution in [3.05, 3.63) is 94.5 Å². The number of hydrogen-bond acceptors (Lipinski definition) is 5. The van der Waals surface area contributed by atoms with E-state index in [-0.39, 0.29) is 62.1 Å². The largest absolute Gasteiger partial charge is 0.416 e. The molecule has 0 radical (unpaired) electrons. The number of para-hydroxylation sites is 1. The first-order chi connectivity index (χ1) is 20.7. The molecule has 2 heterocycles. The fourth-order valence-electron chi connectivity index (χ4n) is 6.41. The van der Waals surface area contributed by atoms with Gasteiger partial charge in [0.2, 0.25) is 21.8 Å². The van der Waals surface area contributed by atoms with Crippen LogP contribution in [0.4, 0.5) is 18.9 Å². The molecule has 1 spiro atoms. The highest BCUT2D eigenvalue weighted by molar-refractivity contribution is 7.89. The van der Waals surface area contributed by atoms with E-state index in [9.17, 15) is 31.2 Å². The molecule has 0 aromatic heterocycles. The molecule has 2 fully saturated rings. The molecule has 0 saturated carbocycles. The maximum atomic E-state index is 14.0. The van der Waals surface area contributed by atoms with Crippen LogP contribution in [0.5, 0.6) is 0 Å². The number of carbonyl (C=O) groups is 2. The standard InChI is InChI=1S/C32H35F3N4O4S/c1-22-16-23(2)29(24(3)17-22)44(42,43)38-14-12-31(13-15-38)30(41)37(21-39(31)27-10-5-4-6-11-27)20-28(40)36-19-25-8-7-9-26(18-25)32(33,34)35/h4-11,16-18H,12-15,19-21H2,1-3H3,(H,36,40). The van der Waals surface area contributed by atoms with Gasteiger partial charge in [-0.1, -0.05) is 48.0 Å². The predicted octanol–water partition coefficient (Wildman–Crippen LogP) is 4.78. The quantitative estimate of drug-likeness (QED) is 0.407. The van der Waals surface area contributed by atoms with Crippen molar-refractivity contribution < 1.29 is 31.2 Å². The van der Waals surface area contributed by atoms with Crippen molar-refractivity contribution in [3.8, 4) is 0 Å². The van der Waals surface area contributed by atoms with E-state index >= 15 is 0 Å². The van der Waals surface area contributed by atoms with Gasteiger partial charge >= 0.3 is 6.18 Å². The molecule has 3 aromatic carbocycles. The van der Waals surface area contributed by atoms with Gasteiger partial charge in [-0.2, -0.15) is 17.5 Å². The minimum Gasteiger partial charge on any atom is -0.350 e. The van der Waals surface area contributed by atoms with Crippen LogP contribution in [0.25, 0.3) is 0 Å². The van der Waals surface area contributed by atoms with Gasteiger partial charge in [0.25, 0.3) is 0 Å². The molecule has 0 unspecified atom stereocenters. The van der Waals surface area contributed by atoms with Gasteiger partial charge < -0.3 is 15.1 Å². The summed E-state index contributed by atoms with van der Waals surface area (Å²) in [6.45, 7) is 5.44. The zero-order valence-corrected chi connectivity index (χ0v) is 25.6. The third kappa shape index (κ3) is 6.05. The molecule has 12 heteroatoms. The van der Waals surface area contributed by atoms with Crippen molar-refractivity contribution in [2.24, 2.45) is 0 Å². The summed E-state index contributed by atoms with van der Waals surface area (Å²) < 4.78 is 68.2. The van der Waals surface area contributed by atoms with Gasteiger partial charge in [-0.25, -0.2) is 8.42 Å². The zero-order valence-electron chi connectivity index (χ0n) is 24.8. The number of anilines is 1. The SMILES string of the molecule is Cc1cc(C)c(S(=O)(=O)N2CCC3(CC2)C(=O)N(CC(=O)NCc2cccc(C(F)(F)F)c2)CN3c2ccccc2)c(C)c1. The first kappa shape index (κ1) is 31.5. The van der Waals surface area contributed by atoms with Crippen LogP contribution in [0.15, 0.2) is 71.6 Å². The number of nitrogens with zero attached hydrogens (tertiary/aromatic N) is 3. The first-order valence-corrected chi connectivity index (χ1v) is 15.8. The molecule has 1 N–H and O–H groups in total. The number of carbonyl (C=O) groups excluding carboxylic acids is 2. The molecule has 0 bridgehead atoms. The van der Waals surface area contributed by atoms with Crippen LogP contribution in [0, 0.1) is 20.8 Å². The second-order valence-corrected chi connectivity index (χ2v) is 13.4. The third-order valence-corrected chi connectivity index (χ3v) is 10.6. The molecular weight excluding hydrogens is 593 g/mol. The normalized spacial score (nSPS) is 17.4. The minimum atomic E-state index is -4.50. The molecule has 0 aliphatic carbocycles. The number of hydrogen-bond donors (Lipinski definition) is 1. The molecule has 2 amide bonds. The van der Waals surface area contributed by atoms with Crippen molar-refractivity contribution in [2.75, 3.05) is 31.2 Å². The van der Waals surface area contributed by atoms with Crippen LogP contribution in [0.1, 0.15) is 40.7 Å². The number of aryl methyl sites for hydroxylation is 3. The highest BCUT2D eigenvalue weighted by Gasteiger charge is 2.55. The Morgan fingerprint density at radius 1 is 0.932 bits per heavy atom. The van der Waals surface area contributed by atoms with Gasteiger partial charge in [0, 0.05) is 25.3 Å². The molecule has 2 aliphatic rings. The maximum Gasteiger partial charge on any atom is 0.416 e. The first-order valence-electron chi connectivity index (χ1n) is 14.4. The van der Waals surface area contributed by atoms with Crippen LogP contribution < -0.4 is 10.2 Å². The van der Waals surface area contributed by atoms with Crippen LogP contribution >= 0.6 is 0 Å². The van der Waals surface area contributed by atoms with Gasteiger partial charge in [-0.3, -0.25) is 9.59 Å². The Morgan fingerprint density at radius 2 is 1.57 bits per heavy atom. The topological polar surface area (TPSA) is 90.0 Å². The molecule has 2 saturated heterocycles. The summed E-state index contributed by atoms with van der Waals surface area (Å²) in [5.41, 5.74) is 1.53. The molecule has 44 heavy (non-hydrogen) atoms. The van der Waals surface area contributed by atoms with Gasteiger partial charge in [-0.15, -0.1) is 0 Å². The zero-order chi connectivity index (χ0) is 31.9. The lowest BCUT2D eigenvalue weighted by atomic mass is 9.86. The average molecular weight is 629 g/mol. The Kier molecular flexibility index (Phi) is 8.52. The number of alkyl halides is 3. The Balaban J connectivity index is 1.33. The number of nitrogens with one attached hydrogen (secondary N) is 1. The fourth-order valence-corrected chi connectivity index (χ4v) is 8.26. The van der Waals surface area contributed by atoms with E-state index < -0.39 is 33.2 Å². The summed E-state index contributed by atoms with van der Waals surface area (Å²) in [6.07, 6.45) is -4.04. The summed E-state index contributed by atoms with van der Waals surface area (Å²) in [7, 11) is -3.81. The molecular formula is C32H35F3N4O4S. The van der Waals surface area contributed by atoms with Gasteiger partial charge in [0.15, 0.2) is 0 Å². The van der Waals surface area contributed by atoms with Crippen molar-refractivity contribution in [1.29, 1.82) is 0 Å². The van der Waals surface area contributed by atoms with Gasteiger partial charge in [0.1, 0.15) is 12.1 Å². The molecule has 8 nitrogen and oxygen atoms in total. The summed E-state index contributed by atoms with van der Waals surface area (Å²) in [5.74, 6) is -0.790. The smallest absolute Gasteiger partial charge is 0.350 e. The highest BCUT2D eigenvalue weighted by atomic mass is 32.2. The highest BCUT2D eigenvalue weighted by Crippen LogP contribution is 2.41. The lowest BCUT2D eigenvalue weighted by Crippen LogP contribution is -2.57. The Morgan fingerprint density at radius 3 is 2.18 bits per heavy atom. The predicted molar refractivity (Wildman–Crippen MR) is 160 cm³/mol. The lowest BCUT2D eigenvalue weighted by Gasteiger charge is -2.43.